The largest absolute Gasteiger partial charge is 0.347 e. The third-order valence-electron chi connectivity index (χ3n) is 3.02. The first kappa shape index (κ1) is 13.0. The molecular weight excluding hydrogens is 270 g/mol. The highest BCUT2D eigenvalue weighted by Crippen LogP contribution is 2.10. The normalized spacial score (nSPS) is 10.5. The van der Waals surface area contributed by atoms with Crippen LogP contribution in [0.3, 0.4) is 0 Å². The first-order valence-electron chi connectivity index (χ1n) is 6.31. The van der Waals surface area contributed by atoms with E-state index in [-0.39, 0.29) is 5.91 Å². The van der Waals surface area contributed by atoms with Crippen LogP contribution in [0.2, 0.25) is 0 Å². The van der Waals surface area contributed by atoms with Crippen molar-refractivity contribution in [3.05, 3.63) is 54.4 Å². The van der Waals surface area contributed by atoms with Gasteiger partial charge < -0.3 is 9.88 Å². The number of benzene rings is 1. The second-order valence-electron chi connectivity index (χ2n) is 4.50. The molecule has 0 atom stereocenters. The molecule has 0 radical (unpaired) electrons. The van der Waals surface area contributed by atoms with Crippen LogP contribution < -0.4 is 0 Å². The van der Waals surface area contributed by atoms with Crippen LogP contribution in [0, 0.1) is 0 Å². The van der Waals surface area contributed by atoms with Crippen LogP contribution in [0.15, 0.2) is 43.0 Å². The summed E-state index contributed by atoms with van der Waals surface area (Å²) in [5.74, 6) is 0.672. The average molecular weight is 283 g/mol. The van der Waals surface area contributed by atoms with Crippen molar-refractivity contribution in [2.45, 2.75) is 6.54 Å². The number of tetrazole rings is 1. The van der Waals surface area contributed by atoms with Gasteiger partial charge in [0.05, 0.1) is 12.2 Å². The molecule has 3 aromatic rings. The van der Waals surface area contributed by atoms with E-state index in [0.29, 0.717) is 12.1 Å². The molecule has 1 aromatic carbocycles. The molecule has 21 heavy (non-hydrogen) atoms. The Labute approximate surface area is 120 Å². The first-order valence-corrected chi connectivity index (χ1v) is 6.31. The van der Waals surface area contributed by atoms with Crippen molar-refractivity contribution >= 4 is 5.91 Å². The molecule has 0 fully saturated rings. The fourth-order valence-electron chi connectivity index (χ4n) is 1.94. The van der Waals surface area contributed by atoms with E-state index < -0.39 is 0 Å². The van der Waals surface area contributed by atoms with Crippen molar-refractivity contribution < 1.29 is 4.79 Å². The van der Waals surface area contributed by atoms with Crippen molar-refractivity contribution in [2.24, 2.45) is 0 Å². The van der Waals surface area contributed by atoms with E-state index in [9.17, 15) is 4.79 Å². The van der Waals surface area contributed by atoms with E-state index in [0.717, 1.165) is 11.5 Å². The minimum absolute atomic E-state index is 0.0744. The van der Waals surface area contributed by atoms with Gasteiger partial charge in [-0.3, -0.25) is 4.79 Å². The fraction of sp³-hybridized carbons (Fsp3) is 0.154. The Hall–Kier alpha value is -3.03. The molecule has 1 N–H and O–H groups in total. The van der Waals surface area contributed by atoms with Gasteiger partial charge in [-0.15, -0.1) is 5.10 Å². The van der Waals surface area contributed by atoms with Gasteiger partial charge in [-0.2, -0.15) is 0 Å². The average Bonchev–Trinajstić information content (AvgIpc) is 3.20. The molecule has 2 aromatic heterocycles. The summed E-state index contributed by atoms with van der Waals surface area (Å²) in [6.07, 6.45) is 4.89. The number of carbonyl (C=O) groups is 1. The highest BCUT2D eigenvalue weighted by Gasteiger charge is 2.13. The van der Waals surface area contributed by atoms with E-state index in [1.165, 1.54) is 11.0 Å². The lowest BCUT2D eigenvalue weighted by Crippen LogP contribution is -2.26. The molecule has 0 aliphatic rings. The van der Waals surface area contributed by atoms with Gasteiger partial charge in [0.2, 0.25) is 0 Å². The Balaban J connectivity index is 1.72. The highest BCUT2D eigenvalue weighted by atomic mass is 16.2. The van der Waals surface area contributed by atoms with Gasteiger partial charge in [0.1, 0.15) is 12.2 Å². The van der Waals surface area contributed by atoms with Crippen molar-refractivity contribution in [3.63, 3.8) is 0 Å². The lowest BCUT2D eigenvalue weighted by atomic mass is 10.2. The summed E-state index contributed by atoms with van der Waals surface area (Å²) in [5, 5.41) is 10.9. The molecule has 0 saturated carbocycles. The predicted octanol–water partition coefficient (Wildman–Crippen LogP) is 0.658. The van der Waals surface area contributed by atoms with E-state index in [4.69, 9.17) is 0 Å². The van der Waals surface area contributed by atoms with Gasteiger partial charge in [0.15, 0.2) is 0 Å². The number of hydrogen-bond acceptors (Lipinski definition) is 5. The quantitative estimate of drug-likeness (QED) is 0.759. The Kier molecular flexibility index (Phi) is 3.42. The van der Waals surface area contributed by atoms with E-state index in [2.05, 4.69) is 25.5 Å². The topological polar surface area (TPSA) is 92.6 Å². The Morgan fingerprint density at radius 2 is 2.14 bits per heavy atom. The second kappa shape index (κ2) is 5.53. The Morgan fingerprint density at radius 1 is 1.33 bits per heavy atom. The highest BCUT2D eigenvalue weighted by molar-refractivity contribution is 5.94. The van der Waals surface area contributed by atoms with Crippen LogP contribution in [-0.4, -0.2) is 48.0 Å². The zero-order valence-electron chi connectivity index (χ0n) is 11.3. The van der Waals surface area contributed by atoms with Gasteiger partial charge in [-0.05, 0) is 34.7 Å². The second-order valence-corrected chi connectivity index (χ2v) is 4.50. The summed E-state index contributed by atoms with van der Waals surface area (Å²) < 4.78 is 1.53. The minimum atomic E-state index is -0.0744. The van der Waals surface area contributed by atoms with E-state index >= 15 is 0 Å². The molecule has 0 aliphatic carbocycles. The van der Waals surface area contributed by atoms with Crippen molar-refractivity contribution in [2.75, 3.05) is 7.05 Å². The standard InChI is InChI=1S/C13H13N7O/c1-19(8-12-14-6-7-15-12)13(21)10-2-4-11(5-3-10)20-9-16-17-18-20/h2-7,9H,8H2,1H3,(H,14,15). The number of aromatic nitrogens is 6. The maximum absolute atomic E-state index is 12.3. The summed E-state index contributed by atoms with van der Waals surface area (Å²) in [4.78, 5) is 21.0. The molecule has 0 unspecified atom stereocenters. The molecule has 3 rings (SSSR count). The number of rotatable bonds is 4. The van der Waals surface area contributed by atoms with E-state index in [1.807, 2.05) is 0 Å². The Morgan fingerprint density at radius 3 is 2.76 bits per heavy atom. The number of carbonyl (C=O) groups excluding carboxylic acids is 1. The molecule has 8 nitrogen and oxygen atoms in total. The molecule has 0 bridgehead atoms. The number of aromatic amines is 1. The number of nitrogens with zero attached hydrogens (tertiary/aromatic N) is 6. The van der Waals surface area contributed by atoms with Crippen molar-refractivity contribution in [3.8, 4) is 5.69 Å². The Bertz CT molecular complexity index is 704. The van der Waals surface area contributed by atoms with Crippen LogP contribution >= 0.6 is 0 Å². The monoisotopic (exact) mass is 283 g/mol. The maximum atomic E-state index is 12.3. The van der Waals surface area contributed by atoms with Gasteiger partial charge in [0.25, 0.3) is 5.91 Å². The SMILES string of the molecule is CN(Cc1ncc[nH]1)C(=O)c1ccc(-n2cnnn2)cc1. The van der Waals surface area contributed by atoms with Crippen LogP contribution in [0.5, 0.6) is 0 Å². The van der Waals surface area contributed by atoms with Crippen molar-refractivity contribution in [1.29, 1.82) is 0 Å². The summed E-state index contributed by atoms with van der Waals surface area (Å²) in [5.41, 5.74) is 1.39. The maximum Gasteiger partial charge on any atom is 0.254 e. The molecule has 8 heteroatoms. The lowest BCUT2D eigenvalue weighted by molar-refractivity contribution is 0.0782. The zero-order chi connectivity index (χ0) is 14.7. The predicted molar refractivity (Wildman–Crippen MR) is 73.5 cm³/mol. The smallest absolute Gasteiger partial charge is 0.254 e. The zero-order valence-corrected chi connectivity index (χ0v) is 11.3. The molecule has 0 aliphatic heterocycles. The third-order valence-corrected chi connectivity index (χ3v) is 3.02. The fourth-order valence-corrected chi connectivity index (χ4v) is 1.94. The summed E-state index contributed by atoms with van der Waals surface area (Å²) in [6, 6.07) is 7.09. The number of nitrogens with one attached hydrogen (secondary N) is 1. The summed E-state index contributed by atoms with van der Waals surface area (Å²) >= 11 is 0. The number of hydrogen-bond donors (Lipinski definition) is 1. The number of imidazole rings is 1. The summed E-state index contributed by atoms with van der Waals surface area (Å²) in [7, 11) is 1.74. The van der Waals surface area contributed by atoms with Gasteiger partial charge in [0, 0.05) is 25.0 Å². The van der Waals surface area contributed by atoms with Gasteiger partial charge >= 0.3 is 0 Å². The molecule has 2 heterocycles. The molecular formula is C13H13N7O. The van der Waals surface area contributed by atoms with E-state index in [1.54, 1.807) is 48.6 Å². The van der Waals surface area contributed by atoms with Crippen LogP contribution in [0.25, 0.3) is 5.69 Å². The number of amides is 1. The molecule has 0 spiro atoms. The summed E-state index contributed by atoms with van der Waals surface area (Å²) in [6.45, 7) is 0.431. The number of H-pyrrole nitrogens is 1. The molecule has 1 amide bonds. The minimum Gasteiger partial charge on any atom is -0.347 e. The van der Waals surface area contributed by atoms with Gasteiger partial charge in [-0.25, -0.2) is 9.67 Å². The molecule has 106 valence electrons. The van der Waals surface area contributed by atoms with Gasteiger partial charge in [-0.1, -0.05) is 0 Å². The van der Waals surface area contributed by atoms with Crippen LogP contribution in [-0.2, 0) is 6.54 Å². The van der Waals surface area contributed by atoms with Crippen molar-refractivity contribution in [1.82, 2.24) is 35.1 Å². The third kappa shape index (κ3) is 2.78. The van der Waals surface area contributed by atoms with Crippen LogP contribution in [0.4, 0.5) is 0 Å². The molecule has 0 saturated heterocycles. The first-order chi connectivity index (χ1) is 10.2. The lowest BCUT2D eigenvalue weighted by Gasteiger charge is -2.15. The van der Waals surface area contributed by atoms with Crippen LogP contribution in [0.1, 0.15) is 16.2 Å².